The van der Waals surface area contributed by atoms with Crippen molar-refractivity contribution in [2.24, 2.45) is 0 Å². The summed E-state index contributed by atoms with van der Waals surface area (Å²) < 4.78 is 12.3. The molecule has 1 aromatic rings. The number of hydrogen-bond donors (Lipinski definition) is 3. The van der Waals surface area contributed by atoms with Crippen molar-refractivity contribution in [1.29, 1.82) is 0 Å². The predicted octanol–water partition coefficient (Wildman–Crippen LogP) is 1.34. The zero-order chi connectivity index (χ0) is 13.1. The largest absolute Gasteiger partial charge is 0.353 e. The Morgan fingerprint density at radius 3 is 3.06 bits per heavy atom. The molecule has 2 atom stereocenters. The van der Waals surface area contributed by atoms with E-state index in [1.54, 1.807) is 13.0 Å². The summed E-state index contributed by atoms with van der Waals surface area (Å²) in [4.78, 5) is 18.7. The minimum Gasteiger partial charge on any atom is -0.353 e. The summed E-state index contributed by atoms with van der Waals surface area (Å²) in [5.74, 6) is -0.307. The lowest BCUT2D eigenvalue weighted by atomic mass is 10.0. The molecule has 0 aliphatic carbocycles. The van der Waals surface area contributed by atoms with Crippen molar-refractivity contribution in [1.82, 2.24) is 15.6 Å². The van der Waals surface area contributed by atoms with Crippen molar-refractivity contribution in [3.05, 3.63) is 22.5 Å². The predicted molar refractivity (Wildman–Crippen MR) is 65.3 cm³/mol. The van der Waals surface area contributed by atoms with Crippen LogP contribution in [-0.4, -0.2) is 36.1 Å². The molecule has 3 N–H and O–H groups in total. The number of H-pyrrole nitrogens is 1. The normalized spacial score (nSPS) is 23.9. The summed E-state index contributed by atoms with van der Waals surface area (Å²) in [6.07, 6.45) is -0.0393. The van der Waals surface area contributed by atoms with Crippen LogP contribution in [0.4, 0.5) is 4.53 Å². The van der Waals surface area contributed by atoms with Gasteiger partial charge < -0.3 is 15.6 Å². The smallest absolute Gasteiger partial charge is 0.268 e. The molecule has 0 aromatic carbocycles. The van der Waals surface area contributed by atoms with E-state index >= 15 is 0 Å². The van der Waals surface area contributed by atoms with Crippen molar-refractivity contribution in [2.45, 2.75) is 25.5 Å². The molecule has 2 rings (SSSR count). The van der Waals surface area contributed by atoms with Crippen molar-refractivity contribution in [2.75, 3.05) is 13.1 Å². The first-order valence-electron chi connectivity index (χ1n) is 5.76. The SMILES string of the molecule is Cc1[nH]c(C(=O)N[C@@H]2CCNC[C@@H]2OF)cc1Cl. The van der Waals surface area contributed by atoms with E-state index in [1.807, 2.05) is 0 Å². The molecule has 1 saturated heterocycles. The van der Waals surface area contributed by atoms with Crippen molar-refractivity contribution < 1.29 is 14.3 Å². The van der Waals surface area contributed by atoms with E-state index in [9.17, 15) is 9.32 Å². The van der Waals surface area contributed by atoms with Crippen LogP contribution in [0.1, 0.15) is 22.6 Å². The van der Waals surface area contributed by atoms with E-state index in [0.717, 1.165) is 12.2 Å². The zero-order valence-corrected chi connectivity index (χ0v) is 10.7. The number of halogens is 2. The highest BCUT2D eigenvalue weighted by atomic mass is 35.5. The lowest BCUT2D eigenvalue weighted by Crippen LogP contribution is -2.53. The Morgan fingerprint density at radius 2 is 2.44 bits per heavy atom. The molecule has 7 heteroatoms. The second-order valence-electron chi connectivity index (χ2n) is 4.36. The molecule has 0 bridgehead atoms. The number of carbonyl (C=O) groups is 1. The van der Waals surface area contributed by atoms with Crippen LogP contribution in [0.5, 0.6) is 0 Å². The Balaban J connectivity index is 2.01. The highest BCUT2D eigenvalue weighted by molar-refractivity contribution is 6.31. The van der Waals surface area contributed by atoms with Gasteiger partial charge in [-0.05, 0) is 30.5 Å². The third-order valence-electron chi connectivity index (χ3n) is 3.05. The van der Waals surface area contributed by atoms with E-state index < -0.39 is 6.10 Å². The zero-order valence-electron chi connectivity index (χ0n) is 9.93. The Morgan fingerprint density at radius 1 is 1.67 bits per heavy atom. The quantitative estimate of drug-likeness (QED) is 0.780. The number of hydrogen-bond acceptors (Lipinski definition) is 3. The number of aromatic nitrogens is 1. The van der Waals surface area contributed by atoms with Gasteiger partial charge in [0, 0.05) is 12.2 Å². The van der Waals surface area contributed by atoms with Gasteiger partial charge in [-0.3, -0.25) is 4.79 Å². The molecule has 0 saturated carbocycles. The van der Waals surface area contributed by atoms with Crippen LogP contribution in [0.15, 0.2) is 6.07 Å². The number of carbonyl (C=O) groups excluding carboxylic acids is 1. The second kappa shape index (κ2) is 5.69. The summed E-state index contributed by atoms with van der Waals surface area (Å²) in [5, 5.41) is 6.24. The van der Waals surface area contributed by atoms with Gasteiger partial charge in [-0.15, -0.1) is 0 Å². The summed E-state index contributed by atoms with van der Waals surface area (Å²) in [6.45, 7) is 2.87. The van der Waals surface area contributed by atoms with Crippen LogP contribution in [0.25, 0.3) is 0 Å². The summed E-state index contributed by atoms with van der Waals surface area (Å²) >= 11 is 5.87. The maximum absolute atomic E-state index is 12.3. The first kappa shape index (κ1) is 13.3. The molecule has 0 spiro atoms. The fraction of sp³-hybridized carbons (Fsp3) is 0.545. The van der Waals surface area contributed by atoms with Crippen molar-refractivity contribution >= 4 is 17.5 Å². The van der Waals surface area contributed by atoms with Crippen LogP contribution in [0.2, 0.25) is 5.02 Å². The van der Waals surface area contributed by atoms with Crippen LogP contribution < -0.4 is 10.6 Å². The molecule has 0 radical (unpaired) electrons. The van der Waals surface area contributed by atoms with Gasteiger partial charge in [-0.25, -0.2) is 0 Å². The fourth-order valence-electron chi connectivity index (χ4n) is 1.99. The van der Waals surface area contributed by atoms with Gasteiger partial charge in [0.1, 0.15) is 11.8 Å². The number of aryl methyl sites for hydroxylation is 1. The van der Waals surface area contributed by atoms with E-state index in [1.165, 1.54) is 0 Å². The molecule has 18 heavy (non-hydrogen) atoms. The van der Waals surface area contributed by atoms with E-state index in [4.69, 9.17) is 11.6 Å². The molecule has 1 amide bonds. The monoisotopic (exact) mass is 275 g/mol. The van der Waals surface area contributed by atoms with Gasteiger partial charge in [0.25, 0.3) is 5.91 Å². The van der Waals surface area contributed by atoms with Gasteiger partial charge in [-0.1, -0.05) is 11.6 Å². The highest BCUT2D eigenvalue weighted by Crippen LogP contribution is 2.16. The van der Waals surface area contributed by atoms with E-state index in [2.05, 4.69) is 20.6 Å². The van der Waals surface area contributed by atoms with Gasteiger partial charge >= 0.3 is 0 Å². The number of piperidine rings is 1. The van der Waals surface area contributed by atoms with Gasteiger partial charge in [0.15, 0.2) is 0 Å². The molecule has 1 aliphatic rings. The van der Waals surface area contributed by atoms with Gasteiger partial charge in [0.2, 0.25) is 0 Å². The molecule has 5 nitrogen and oxygen atoms in total. The van der Waals surface area contributed by atoms with E-state index in [0.29, 0.717) is 23.7 Å². The third kappa shape index (κ3) is 2.82. The van der Waals surface area contributed by atoms with Gasteiger partial charge in [0.05, 0.1) is 11.1 Å². The number of nitrogens with one attached hydrogen (secondary N) is 3. The standard InChI is InChI=1S/C11H15ClFN3O2/c1-6-7(12)4-9(15-6)11(17)16-8-2-3-14-5-10(8)18-13/h4,8,10,14-15H,2-3,5H2,1H3,(H,16,17)/t8-,10+/m1/s1. The third-order valence-corrected chi connectivity index (χ3v) is 3.45. The molecular formula is C11H15ClFN3O2. The average molecular weight is 276 g/mol. The lowest BCUT2D eigenvalue weighted by molar-refractivity contribution is -0.189. The fourth-order valence-corrected chi connectivity index (χ4v) is 2.15. The highest BCUT2D eigenvalue weighted by Gasteiger charge is 2.28. The lowest BCUT2D eigenvalue weighted by Gasteiger charge is -2.29. The molecular weight excluding hydrogens is 261 g/mol. The van der Waals surface area contributed by atoms with Crippen molar-refractivity contribution in [3.8, 4) is 0 Å². The van der Waals surface area contributed by atoms with Gasteiger partial charge in [-0.2, -0.15) is 4.94 Å². The molecule has 0 unspecified atom stereocenters. The summed E-state index contributed by atoms with van der Waals surface area (Å²) in [6, 6.07) is 1.21. The molecule has 100 valence electrons. The number of amides is 1. The molecule has 1 aromatic heterocycles. The Kier molecular flexibility index (Phi) is 4.21. The minimum absolute atomic E-state index is 0.307. The molecule has 1 aliphatic heterocycles. The summed E-state index contributed by atoms with van der Waals surface area (Å²) in [7, 11) is 0. The Labute approximate surface area is 109 Å². The molecule has 1 fully saturated rings. The molecule has 2 heterocycles. The van der Waals surface area contributed by atoms with E-state index in [-0.39, 0.29) is 11.9 Å². The second-order valence-corrected chi connectivity index (χ2v) is 4.76. The minimum atomic E-state index is -0.658. The van der Waals surface area contributed by atoms with Crippen LogP contribution in [-0.2, 0) is 4.94 Å². The van der Waals surface area contributed by atoms with Crippen LogP contribution in [0.3, 0.4) is 0 Å². The number of aromatic amines is 1. The maximum Gasteiger partial charge on any atom is 0.268 e. The average Bonchev–Trinajstić information content (AvgIpc) is 2.70. The topological polar surface area (TPSA) is 66.2 Å². The maximum atomic E-state index is 12.3. The Bertz CT molecular complexity index is 418. The Hall–Kier alpha value is -1.11. The number of rotatable bonds is 3. The first-order chi connectivity index (χ1) is 8.61. The first-order valence-corrected chi connectivity index (χ1v) is 6.13. The van der Waals surface area contributed by atoms with Crippen LogP contribution in [0, 0.1) is 6.92 Å². The summed E-state index contributed by atoms with van der Waals surface area (Å²) in [5.41, 5.74) is 1.10. The van der Waals surface area contributed by atoms with Crippen molar-refractivity contribution in [3.63, 3.8) is 0 Å². The van der Waals surface area contributed by atoms with Crippen LogP contribution >= 0.6 is 11.6 Å².